The standard InChI is InChI=1S/C16H25N3S/c1-11-7-5-10-15(14(11)4)17-16(20)18-19-12(2)8-6-9-13(19)3/h5,7,10,12-13H,6,8-9H2,1-4H3,(H2,17,18,20). The summed E-state index contributed by atoms with van der Waals surface area (Å²) in [5.74, 6) is 0. The molecular formula is C16H25N3S. The lowest BCUT2D eigenvalue weighted by molar-refractivity contribution is 0.0750. The van der Waals surface area contributed by atoms with Crippen LogP contribution in [0.1, 0.15) is 44.2 Å². The summed E-state index contributed by atoms with van der Waals surface area (Å²) < 4.78 is 0. The Morgan fingerprint density at radius 1 is 1.20 bits per heavy atom. The molecule has 2 rings (SSSR count). The summed E-state index contributed by atoms with van der Waals surface area (Å²) in [5.41, 5.74) is 6.97. The van der Waals surface area contributed by atoms with Gasteiger partial charge >= 0.3 is 0 Å². The van der Waals surface area contributed by atoms with Crippen LogP contribution in [0.3, 0.4) is 0 Å². The van der Waals surface area contributed by atoms with Crippen LogP contribution in [0.15, 0.2) is 18.2 Å². The molecule has 0 bridgehead atoms. The molecule has 0 amide bonds. The predicted molar refractivity (Wildman–Crippen MR) is 89.9 cm³/mol. The molecule has 0 radical (unpaired) electrons. The Morgan fingerprint density at radius 2 is 1.85 bits per heavy atom. The monoisotopic (exact) mass is 291 g/mol. The molecule has 0 aliphatic carbocycles. The maximum atomic E-state index is 5.46. The molecule has 1 saturated heterocycles. The fourth-order valence-electron chi connectivity index (χ4n) is 2.80. The summed E-state index contributed by atoms with van der Waals surface area (Å²) in [7, 11) is 0. The van der Waals surface area contributed by atoms with E-state index < -0.39 is 0 Å². The van der Waals surface area contributed by atoms with E-state index in [-0.39, 0.29) is 0 Å². The molecular weight excluding hydrogens is 266 g/mol. The van der Waals surface area contributed by atoms with Crippen molar-refractivity contribution in [2.45, 2.75) is 59.0 Å². The van der Waals surface area contributed by atoms with Crippen molar-refractivity contribution in [1.82, 2.24) is 10.4 Å². The number of rotatable bonds is 2. The Bertz CT molecular complexity index is 477. The first-order chi connectivity index (χ1) is 9.49. The predicted octanol–water partition coefficient (Wildman–Crippen LogP) is 3.77. The van der Waals surface area contributed by atoms with E-state index in [0.29, 0.717) is 17.2 Å². The van der Waals surface area contributed by atoms with Gasteiger partial charge in [-0.05, 0) is 69.9 Å². The first-order valence-corrected chi connectivity index (χ1v) is 7.82. The van der Waals surface area contributed by atoms with E-state index in [1.54, 1.807) is 0 Å². The Morgan fingerprint density at radius 3 is 2.50 bits per heavy atom. The van der Waals surface area contributed by atoms with E-state index in [2.05, 4.69) is 61.6 Å². The maximum Gasteiger partial charge on any atom is 0.185 e. The van der Waals surface area contributed by atoms with Crippen LogP contribution in [0.25, 0.3) is 0 Å². The molecule has 1 aliphatic heterocycles. The largest absolute Gasteiger partial charge is 0.331 e. The molecule has 20 heavy (non-hydrogen) atoms. The SMILES string of the molecule is Cc1cccc(NC(=S)NN2C(C)CCCC2C)c1C. The quantitative estimate of drug-likeness (QED) is 0.811. The number of hydrazine groups is 1. The fourth-order valence-corrected chi connectivity index (χ4v) is 3.01. The fraction of sp³-hybridized carbons (Fsp3) is 0.562. The van der Waals surface area contributed by atoms with Crippen LogP contribution in [0.4, 0.5) is 5.69 Å². The van der Waals surface area contributed by atoms with Crippen molar-refractivity contribution in [2.75, 3.05) is 5.32 Å². The van der Waals surface area contributed by atoms with Crippen molar-refractivity contribution in [3.8, 4) is 0 Å². The molecule has 2 unspecified atom stereocenters. The molecule has 0 aromatic heterocycles. The van der Waals surface area contributed by atoms with E-state index in [1.807, 2.05) is 0 Å². The van der Waals surface area contributed by atoms with Crippen LogP contribution in [0.5, 0.6) is 0 Å². The van der Waals surface area contributed by atoms with Crippen molar-refractivity contribution in [3.63, 3.8) is 0 Å². The van der Waals surface area contributed by atoms with Gasteiger partial charge in [-0.2, -0.15) is 0 Å². The molecule has 1 aliphatic rings. The highest BCUT2D eigenvalue weighted by atomic mass is 32.1. The van der Waals surface area contributed by atoms with Crippen LogP contribution >= 0.6 is 12.2 Å². The van der Waals surface area contributed by atoms with Crippen molar-refractivity contribution in [1.29, 1.82) is 0 Å². The first-order valence-electron chi connectivity index (χ1n) is 7.41. The average molecular weight is 291 g/mol. The lowest BCUT2D eigenvalue weighted by Gasteiger charge is -2.39. The van der Waals surface area contributed by atoms with Gasteiger partial charge in [0, 0.05) is 17.8 Å². The Hall–Kier alpha value is -1.13. The molecule has 1 heterocycles. The van der Waals surface area contributed by atoms with E-state index in [1.165, 1.54) is 30.4 Å². The van der Waals surface area contributed by atoms with Gasteiger partial charge in [0.2, 0.25) is 0 Å². The minimum atomic E-state index is 0.525. The number of nitrogens with one attached hydrogen (secondary N) is 2. The molecule has 0 saturated carbocycles. The second kappa shape index (κ2) is 6.55. The molecule has 1 aromatic carbocycles. The second-order valence-electron chi connectivity index (χ2n) is 5.85. The van der Waals surface area contributed by atoms with Crippen LogP contribution < -0.4 is 10.7 Å². The molecule has 110 valence electrons. The van der Waals surface area contributed by atoms with Crippen molar-refractivity contribution >= 4 is 23.0 Å². The summed E-state index contributed by atoms with van der Waals surface area (Å²) in [6.45, 7) is 8.74. The van der Waals surface area contributed by atoms with Gasteiger partial charge in [0.25, 0.3) is 0 Å². The highest BCUT2D eigenvalue weighted by molar-refractivity contribution is 7.80. The van der Waals surface area contributed by atoms with Gasteiger partial charge in [-0.3, -0.25) is 5.43 Å². The van der Waals surface area contributed by atoms with Gasteiger partial charge in [0.05, 0.1) is 0 Å². The highest BCUT2D eigenvalue weighted by Crippen LogP contribution is 2.21. The minimum Gasteiger partial charge on any atom is -0.331 e. The van der Waals surface area contributed by atoms with Gasteiger partial charge in [0.1, 0.15) is 0 Å². The molecule has 1 fully saturated rings. The Labute approximate surface area is 127 Å². The minimum absolute atomic E-state index is 0.525. The van der Waals surface area contributed by atoms with Gasteiger partial charge in [-0.1, -0.05) is 18.6 Å². The third-order valence-corrected chi connectivity index (χ3v) is 4.47. The molecule has 0 spiro atoms. The third kappa shape index (κ3) is 3.49. The number of piperidine rings is 1. The average Bonchev–Trinajstić information content (AvgIpc) is 2.39. The van der Waals surface area contributed by atoms with Crippen molar-refractivity contribution in [2.24, 2.45) is 0 Å². The number of benzene rings is 1. The molecule has 4 heteroatoms. The summed E-state index contributed by atoms with van der Waals surface area (Å²) in [4.78, 5) is 0. The number of aryl methyl sites for hydroxylation is 1. The van der Waals surface area contributed by atoms with Crippen LogP contribution in [-0.4, -0.2) is 22.2 Å². The van der Waals surface area contributed by atoms with E-state index in [9.17, 15) is 0 Å². The van der Waals surface area contributed by atoms with Crippen molar-refractivity contribution < 1.29 is 0 Å². The summed E-state index contributed by atoms with van der Waals surface area (Å²) in [6, 6.07) is 7.29. The van der Waals surface area contributed by atoms with Crippen LogP contribution in [0.2, 0.25) is 0 Å². The maximum absolute atomic E-state index is 5.46. The summed E-state index contributed by atoms with van der Waals surface area (Å²) >= 11 is 5.46. The van der Waals surface area contributed by atoms with Gasteiger partial charge in [-0.15, -0.1) is 0 Å². The third-order valence-electron chi connectivity index (χ3n) is 4.28. The highest BCUT2D eigenvalue weighted by Gasteiger charge is 2.25. The zero-order valence-corrected chi connectivity index (χ0v) is 13.7. The van der Waals surface area contributed by atoms with Crippen LogP contribution in [-0.2, 0) is 0 Å². The number of hydrogen-bond donors (Lipinski definition) is 2. The zero-order chi connectivity index (χ0) is 14.7. The van der Waals surface area contributed by atoms with E-state index in [4.69, 9.17) is 12.2 Å². The zero-order valence-electron chi connectivity index (χ0n) is 12.9. The van der Waals surface area contributed by atoms with E-state index >= 15 is 0 Å². The summed E-state index contributed by atoms with van der Waals surface area (Å²) in [5, 5.41) is 6.28. The van der Waals surface area contributed by atoms with Gasteiger partial charge in [-0.25, -0.2) is 5.01 Å². The summed E-state index contributed by atoms with van der Waals surface area (Å²) in [6.07, 6.45) is 3.75. The second-order valence-corrected chi connectivity index (χ2v) is 6.26. The Balaban J connectivity index is 2.00. The number of anilines is 1. The molecule has 1 aromatic rings. The molecule has 3 nitrogen and oxygen atoms in total. The lowest BCUT2D eigenvalue weighted by atomic mass is 10.00. The van der Waals surface area contributed by atoms with Gasteiger partial charge < -0.3 is 5.32 Å². The number of nitrogens with zero attached hydrogens (tertiary/aromatic N) is 1. The van der Waals surface area contributed by atoms with Crippen molar-refractivity contribution in [3.05, 3.63) is 29.3 Å². The Kier molecular flexibility index (Phi) is 5.00. The lowest BCUT2D eigenvalue weighted by Crippen LogP contribution is -2.55. The number of thiocarbonyl (C=S) groups is 1. The first kappa shape index (κ1) is 15.3. The smallest absolute Gasteiger partial charge is 0.185 e. The molecule has 2 atom stereocenters. The van der Waals surface area contributed by atoms with E-state index in [0.717, 1.165) is 5.69 Å². The number of hydrogen-bond acceptors (Lipinski definition) is 2. The van der Waals surface area contributed by atoms with Gasteiger partial charge in [0.15, 0.2) is 5.11 Å². The van der Waals surface area contributed by atoms with Crippen LogP contribution in [0, 0.1) is 13.8 Å². The normalized spacial score (nSPS) is 23.4. The molecule has 2 N–H and O–H groups in total. The topological polar surface area (TPSA) is 27.3 Å².